The number of rotatable bonds is 5. The van der Waals surface area contributed by atoms with Gasteiger partial charge in [-0.05, 0) is 25.1 Å². The average molecular weight is 309 g/mol. The number of nitrogens with two attached hydrogens (primary N) is 1. The van der Waals surface area contributed by atoms with Crippen molar-refractivity contribution in [1.29, 1.82) is 0 Å². The minimum atomic E-state index is -3.39. The number of sulfone groups is 1. The first-order valence-electron chi connectivity index (χ1n) is 6.01. The first-order chi connectivity index (χ1) is 9.40. The normalized spacial score (nSPS) is 11.4. The van der Waals surface area contributed by atoms with E-state index in [4.69, 9.17) is 18.0 Å². The lowest BCUT2D eigenvalue weighted by Gasteiger charge is -2.07. The van der Waals surface area contributed by atoms with Gasteiger partial charge in [-0.25, -0.2) is 8.42 Å². The topological polar surface area (TPSA) is 78.0 Å². The van der Waals surface area contributed by atoms with Crippen molar-refractivity contribution in [2.45, 2.75) is 18.4 Å². The fourth-order valence-electron chi connectivity index (χ4n) is 1.80. The van der Waals surface area contributed by atoms with Crippen LogP contribution in [-0.2, 0) is 16.4 Å². The van der Waals surface area contributed by atoms with Crippen LogP contribution in [-0.4, -0.2) is 28.9 Å². The van der Waals surface area contributed by atoms with E-state index in [1.54, 1.807) is 29.1 Å². The molecule has 2 aromatic rings. The third-order valence-electron chi connectivity index (χ3n) is 2.98. The van der Waals surface area contributed by atoms with Crippen LogP contribution in [0.4, 0.5) is 0 Å². The largest absolute Gasteiger partial charge is 0.389 e. The summed E-state index contributed by atoms with van der Waals surface area (Å²) in [6.45, 7) is 2.20. The van der Waals surface area contributed by atoms with Crippen molar-refractivity contribution >= 4 is 27.0 Å². The summed E-state index contributed by atoms with van der Waals surface area (Å²) in [6.07, 6.45) is 1.65. The molecule has 0 unspecified atom stereocenters. The molecule has 0 amide bonds. The van der Waals surface area contributed by atoms with Gasteiger partial charge >= 0.3 is 0 Å². The van der Waals surface area contributed by atoms with E-state index in [1.807, 2.05) is 13.0 Å². The number of benzene rings is 1. The maximum Gasteiger partial charge on any atom is 0.180 e. The van der Waals surface area contributed by atoms with E-state index in [2.05, 4.69) is 5.10 Å². The highest BCUT2D eigenvalue weighted by atomic mass is 32.2. The summed E-state index contributed by atoms with van der Waals surface area (Å²) >= 11 is 4.86. The van der Waals surface area contributed by atoms with Crippen LogP contribution < -0.4 is 5.73 Å². The second kappa shape index (κ2) is 5.72. The van der Waals surface area contributed by atoms with Crippen molar-refractivity contribution < 1.29 is 8.42 Å². The molecule has 0 aliphatic heterocycles. The van der Waals surface area contributed by atoms with Crippen molar-refractivity contribution in [2.75, 3.05) is 5.75 Å². The Labute approximate surface area is 123 Å². The van der Waals surface area contributed by atoms with Gasteiger partial charge in [0.05, 0.1) is 17.2 Å². The summed E-state index contributed by atoms with van der Waals surface area (Å²) in [6, 6.07) is 8.22. The molecule has 0 spiro atoms. The van der Waals surface area contributed by atoms with Crippen LogP contribution >= 0.6 is 12.2 Å². The van der Waals surface area contributed by atoms with E-state index in [0.29, 0.717) is 12.1 Å². The predicted molar refractivity (Wildman–Crippen MR) is 81.3 cm³/mol. The number of nitrogens with zero attached hydrogens (tertiary/aromatic N) is 2. The monoisotopic (exact) mass is 309 g/mol. The zero-order valence-electron chi connectivity index (χ0n) is 11.0. The van der Waals surface area contributed by atoms with Crippen molar-refractivity contribution in [3.05, 3.63) is 47.8 Å². The molecule has 20 heavy (non-hydrogen) atoms. The smallest absolute Gasteiger partial charge is 0.180 e. The highest BCUT2D eigenvalue weighted by molar-refractivity contribution is 7.91. The third-order valence-corrected chi connectivity index (χ3v) is 4.91. The van der Waals surface area contributed by atoms with Crippen LogP contribution in [0.1, 0.15) is 11.3 Å². The zero-order chi connectivity index (χ0) is 14.8. The minimum Gasteiger partial charge on any atom is -0.389 e. The van der Waals surface area contributed by atoms with Gasteiger partial charge in [-0.1, -0.05) is 24.4 Å². The zero-order valence-corrected chi connectivity index (χ0v) is 12.6. The van der Waals surface area contributed by atoms with Crippen LogP contribution in [0.25, 0.3) is 0 Å². The maximum atomic E-state index is 12.3. The van der Waals surface area contributed by atoms with E-state index in [0.717, 1.165) is 5.69 Å². The Morgan fingerprint density at radius 2 is 2.15 bits per heavy atom. The van der Waals surface area contributed by atoms with Crippen molar-refractivity contribution in [3.63, 3.8) is 0 Å². The Morgan fingerprint density at radius 1 is 1.40 bits per heavy atom. The minimum absolute atomic E-state index is 0.0176. The molecule has 2 rings (SSSR count). The lowest BCUT2D eigenvalue weighted by molar-refractivity contribution is 0.577. The van der Waals surface area contributed by atoms with Crippen LogP contribution in [0.2, 0.25) is 0 Å². The fraction of sp³-hybridized carbons (Fsp3) is 0.231. The van der Waals surface area contributed by atoms with Gasteiger partial charge in [0.25, 0.3) is 0 Å². The second-order valence-electron chi connectivity index (χ2n) is 4.41. The number of thiocarbonyl (C=S) groups is 1. The molecule has 0 bridgehead atoms. The molecule has 0 fully saturated rings. The Morgan fingerprint density at radius 3 is 2.75 bits per heavy atom. The maximum absolute atomic E-state index is 12.3. The summed E-state index contributed by atoms with van der Waals surface area (Å²) in [5.74, 6) is -0.0176. The van der Waals surface area contributed by atoms with Crippen LogP contribution in [0.5, 0.6) is 0 Å². The lowest BCUT2D eigenvalue weighted by atomic mass is 10.2. The second-order valence-corrected chi connectivity index (χ2v) is 6.96. The van der Waals surface area contributed by atoms with Gasteiger partial charge in [0.2, 0.25) is 0 Å². The van der Waals surface area contributed by atoms with Crippen molar-refractivity contribution in [2.24, 2.45) is 5.73 Å². The lowest BCUT2D eigenvalue weighted by Crippen LogP contribution is -2.16. The van der Waals surface area contributed by atoms with Gasteiger partial charge < -0.3 is 5.73 Å². The molecule has 0 saturated heterocycles. The summed E-state index contributed by atoms with van der Waals surface area (Å²) in [5.41, 5.74) is 7.00. The van der Waals surface area contributed by atoms with Crippen molar-refractivity contribution in [3.8, 4) is 0 Å². The highest BCUT2D eigenvalue weighted by Crippen LogP contribution is 2.14. The SMILES string of the molecule is Cc1ccnn1CCS(=O)(=O)c1cccc(C(N)=S)c1. The van der Waals surface area contributed by atoms with Gasteiger partial charge in [0, 0.05) is 17.5 Å². The van der Waals surface area contributed by atoms with Crippen LogP contribution in [0, 0.1) is 6.92 Å². The van der Waals surface area contributed by atoms with Gasteiger partial charge in [-0.3, -0.25) is 4.68 Å². The quantitative estimate of drug-likeness (QED) is 0.842. The molecule has 1 aromatic carbocycles. The Bertz CT molecular complexity index is 736. The molecule has 0 aliphatic rings. The number of hydrogen-bond acceptors (Lipinski definition) is 4. The first-order valence-corrected chi connectivity index (χ1v) is 8.07. The molecule has 0 aliphatic carbocycles. The van der Waals surface area contributed by atoms with Gasteiger partial charge in [0.15, 0.2) is 9.84 Å². The number of aromatic nitrogens is 2. The van der Waals surface area contributed by atoms with E-state index in [1.165, 1.54) is 6.07 Å². The molecule has 5 nitrogen and oxygen atoms in total. The van der Waals surface area contributed by atoms with E-state index >= 15 is 0 Å². The third kappa shape index (κ3) is 3.23. The highest BCUT2D eigenvalue weighted by Gasteiger charge is 2.16. The standard InChI is InChI=1S/C13H15N3O2S2/c1-10-5-6-15-16(10)7-8-20(17,18)12-4-2-3-11(9-12)13(14)19/h2-6,9H,7-8H2,1H3,(H2,14,19). The predicted octanol–water partition coefficient (Wildman–Crippen LogP) is 1.30. The van der Waals surface area contributed by atoms with Crippen LogP contribution in [0.3, 0.4) is 0 Å². The molecule has 106 valence electrons. The Kier molecular flexibility index (Phi) is 4.20. The Balaban J connectivity index is 2.20. The average Bonchev–Trinajstić information content (AvgIpc) is 2.82. The summed E-state index contributed by atoms with van der Waals surface area (Å²) in [5, 5.41) is 4.07. The fourth-order valence-corrected chi connectivity index (χ4v) is 3.17. The molecule has 0 radical (unpaired) electrons. The summed E-state index contributed by atoms with van der Waals surface area (Å²) in [4.78, 5) is 0.414. The van der Waals surface area contributed by atoms with Gasteiger partial charge in [-0.15, -0.1) is 0 Å². The molecular weight excluding hydrogens is 294 g/mol. The number of hydrogen-bond donors (Lipinski definition) is 1. The molecule has 1 heterocycles. The molecule has 0 saturated carbocycles. The van der Waals surface area contributed by atoms with E-state index < -0.39 is 9.84 Å². The summed E-state index contributed by atoms with van der Waals surface area (Å²) < 4.78 is 26.2. The summed E-state index contributed by atoms with van der Waals surface area (Å²) in [7, 11) is -3.39. The molecule has 0 atom stereocenters. The molecule has 1 aromatic heterocycles. The van der Waals surface area contributed by atoms with Gasteiger partial charge in [0.1, 0.15) is 4.99 Å². The number of aryl methyl sites for hydroxylation is 2. The Hall–Kier alpha value is -1.73. The first kappa shape index (κ1) is 14.7. The molecule has 7 heteroatoms. The molecular formula is C13H15N3O2S2. The van der Waals surface area contributed by atoms with Crippen molar-refractivity contribution in [1.82, 2.24) is 9.78 Å². The van der Waals surface area contributed by atoms with E-state index in [-0.39, 0.29) is 15.6 Å². The van der Waals surface area contributed by atoms with Crippen LogP contribution in [0.15, 0.2) is 41.4 Å². The van der Waals surface area contributed by atoms with E-state index in [9.17, 15) is 8.42 Å². The molecule has 2 N–H and O–H groups in total. The van der Waals surface area contributed by atoms with Gasteiger partial charge in [-0.2, -0.15) is 5.10 Å².